The van der Waals surface area contributed by atoms with E-state index in [4.69, 9.17) is 14.5 Å². The van der Waals surface area contributed by atoms with Crippen molar-refractivity contribution in [3.8, 4) is 11.5 Å². The molecule has 5 nitrogen and oxygen atoms in total. The number of amides is 1. The fourth-order valence-electron chi connectivity index (χ4n) is 5.20. The molecule has 0 bridgehead atoms. The van der Waals surface area contributed by atoms with Crippen LogP contribution in [0.3, 0.4) is 0 Å². The molecule has 1 fully saturated rings. The zero-order valence-corrected chi connectivity index (χ0v) is 22.0. The maximum atomic E-state index is 13.5. The van der Waals surface area contributed by atoms with Gasteiger partial charge in [0.25, 0.3) is 5.91 Å². The van der Waals surface area contributed by atoms with Crippen LogP contribution in [-0.4, -0.2) is 25.3 Å². The van der Waals surface area contributed by atoms with Gasteiger partial charge in [-0.3, -0.25) is 4.79 Å². The lowest BCUT2D eigenvalue weighted by Crippen LogP contribution is -2.36. The van der Waals surface area contributed by atoms with Crippen LogP contribution in [0.15, 0.2) is 47.5 Å². The van der Waals surface area contributed by atoms with Crippen LogP contribution in [0.1, 0.15) is 76.9 Å². The Morgan fingerprint density at radius 3 is 2.65 bits per heavy atom. The number of fused-ring (bicyclic) bond motifs is 1. The minimum absolute atomic E-state index is 0.0110. The van der Waals surface area contributed by atoms with E-state index in [0.29, 0.717) is 11.5 Å². The number of carbonyl (C=O) groups excluding carboxylic acids is 1. The standard InChI is InChI=1S/C30H33FN2O3S/c1-35-25-12-7-8-21(28(25)36-19-20-14-16-22(31)17-15-20)18-32-30-27(24-11-5-6-13-26(24)37-30)29(34)33-23-9-3-2-4-10-23/h7-8,12,14-18,23H,2-6,9-11,13,19H2,1H3,(H,33,34). The minimum Gasteiger partial charge on any atom is -0.493 e. The number of aliphatic imine (C=N–C) groups is 1. The van der Waals surface area contributed by atoms with Gasteiger partial charge in [0.1, 0.15) is 17.4 Å². The first-order valence-electron chi connectivity index (χ1n) is 13.2. The lowest BCUT2D eigenvalue weighted by molar-refractivity contribution is 0.0927. The van der Waals surface area contributed by atoms with Crippen molar-refractivity contribution < 1.29 is 18.7 Å². The van der Waals surface area contributed by atoms with E-state index in [1.807, 2.05) is 18.2 Å². The monoisotopic (exact) mass is 520 g/mol. The van der Waals surface area contributed by atoms with Gasteiger partial charge in [0.05, 0.1) is 12.7 Å². The molecule has 7 heteroatoms. The molecule has 0 atom stereocenters. The molecule has 3 aromatic rings. The van der Waals surface area contributed by atoms with Crippen molar-refractivity contribution in [3.63, 3.8) is 0 Å². The number of thiophene rings is 1. The number of ether oxygens (including phenoxy) is 2. The molecule has 37 heavy (non-hydrogen) atoms. The van der Waals surface area contributed by atoms with Gasteiger partial charge in [0.15, 0.2) is 11.5 Å². The number of hydrogen-bond donors (Lipinski definition) is 1. The molecule has 1 heterocycles. The molecule has 2 aliphatic rings. The zero-order chi connectivity index (χ0) is 25.6. The summed E-state index contributed by atoms with van der Waals surface area (Å²) in [6.07, 6.45) is 11.7. The van der Waals surface area contributed by atoms with Crippen LogP contribution in [-0.2, 0) is 19.4 Å². The summed E-state index contributed by atoms with van der Waals surface area (Å²) in [4.78, 5) is 19.6. The number of hydrogen-bond acceptors (Lipinski definition) is 5. The Hall–Kier alpha value is -3.19. The molecule has 2 aliphatic carbocycles. The van der Waals surface area contributed by atoms with E-state index in [2.05, 4.69) is 5.32 Å². The molecule has 0 unspecified atom stereocenters. The highest BCUT2D eigenvalue weighted by molar-refractivity contribution is 7.16. The van der Waals surface area contributed by atoms with Crippen molar-refractivity contribution in [2.75, 3.05) is 7.11 Å². The lowest BCUT2D eigenvalue weighted by atomic mass is 9.93. The summed E-state index contributed by atoms with van der Waals surface area (Å²) in [5, 5.41) is 4.06. The van der Waals surface area contributed by atoms with Crippen LogP contribution < -0.4 is 14.8 Å². The van der Waals surface area contributed by atoms with E-state index >= 15 is 0 Å². The second kappa shape index (κ2) is 11.9. The van der Waals surface area contributed by atoms with Crippen molar-refractivity contribution in [1.82, 2.24) is 5.32 Å². The van der Waals surface area contributed by atoms with Crippen LogP contribution in [0.25, 0.3) is 0 Å². The van der Waals surface area contributed by atoms with Crippen LogP contribution >= 0.6 is 11.3 Å². The van der Waals surface area contributed by atoms with Crippen molar-refractivity contribution in [3.05, 3.63) is 75.4 Å². The zero-order valence-electron chi connectivity index (χ0n) is 21.2. The minimum atomic E-state index is -0.282. The van der Waals surface area contributed by atoms with E-state index in [1.54, 1.807) is 36.8 Å². The van der Waals surface area contributed by atoms with Gasteiger partial charge in [0.2, 0.25) is 0 Å². The molecule has 1 amide bonds. The largest absolute Gasteiger partial charge is 0.493 e. The van der Waals surface area contributed by atoms with Crippen LogP contribution in [0.2, 0.25) is 0 Å². The summed E-state index contributed by atoms with van der Waals surface area (Å²) in [6.45, 7) is 0.268. The third-order valence-electron chi connectivity index (χ3n) is 7.17. The molecule has 0 saturated heterocycles. The molecule has 5 rings (SSSR count). The number of carbonyl (C=O) groups is 1. The Morgan fingerprint density at radius 2 is 1.86 bits per heavy atom. The average molecular weight is 521 g/mol. The first-order chi connectivity index (χ1) is 18.1. The second-order valence-corrected chi connectivity index (χ2v) is 10.8. The van der Waals surface area contributed by atoms with Crippen molar-refractivity contribution >= 4 is 28.5 Å². The van der Waals surface area contributed by atoms with E-state index in [1.165, 1.54) is 41.8 Å². The Labute approximate surface area is 221 Å². The number of methoxy groups -OCH3 is 1. The highest BCUT2D eigenvalue weighted by Crippen LogP contribution is 2.40. The number of halogens is 1. The van der Waals surface area contributed by atoms with E-state index in [-0.39, 0.29) is 24.4 Å². The maximum Gasteiger partial charge on any atom is 0.254 e. The molecule has 1 aromatic heterocycles. The van der Waals surface area contributed by atoms with Gasteiger partial charge < -0.3 is 14.8 Å². The summed E-state index contributed by atoms with van der Waals surface area (Å²) < 4.78 is 25.0. The van der Waals surface area contributed by atoms with Gasteiger partial charge in [-0.15, -0.1) is 11.3 Å². The van der Waals surface area contributed by atoms with Gasteiger partial charge in [-0.05, 0) is 73.9 Å². The smallest absolute Gasteiger partial charge is 0.254 e. The van der Waals surface area contributed by atoms with Crippen LogP contribution in [0.4, 0.5) is 9.39 Å². The highest BCUT2D eigenvalue weighted by atomic mass is 32.1. The predicted octanol–water partition coefficient (Wildman–Crippen LogP) is 7.17. The average Bonchev–Trinajstić information content (AvgIpc) is 3.31. The summed E-state index contributed by atoms with van der Waals surface area (Å²) in [7, 11) is 1.60. The number of nitrogens with zero attached hydrogens (tertiary/aromatic N) is 1. The van der Waals surface area contributed by atoms with Crippen molar-refractivity contribution in [2.45, 2.75) is 70.4 Å². The first-order valence-corrected chi connectivity index (χ1v) is 14.0. The fourth-order valence-corrected chi connectivity index (χ4v) is 6.43. The predicted molar refractivity (Wildman–Crippen MR) is 146 cm³/mol. The Bertz CT molecular complexity index is 1260. The van der Waals surface area contributed by atoms with Crippen LogP contribution in [0, 0.1) is 5.82 Å². The molecular weight excluding hydrogens is 487 g/mol. The third-order valence-corrected chi connectivity index (χ3v) is 8.37. The maximum absolute atomic E-state index is 13.5. The number of rotatable bonds is 8. The summed E-state index contributed by atoms with van der Waals surface area (Å²) >= 11 is 1.63. The van der Waals surface area contributed by atoms with E-state index < -0.39 is 0 Å². The number of nitrogens with one attached hydrogen (secondary N) is 1. The Kier molecular flexibility index (Phi) is 8.19. The summed E-state index contributed by atoms with van der Waals surface area (Å²) in [5.74, 6) is 0.882. The molecule has 1 N–H and O–H groups in total. The highest BCUT2D eigenvalue weighted by Gasteiger charge is 2.27. The molecule has 1 saturated carbocycles. The number of para-hydroxylation sites is 1. The number of aryl methyl sites for hydroxylation is 1. The van der Waals surface area contributed by atoms with Crippen molar-refractivity contribution in [1.29, 1.82) is 0 Å². The molecule has 2 aromatic carbocycles. The second-order valence-electron chi connectivity index (χ2n) is 9.75. The van der Waals surface area contributed by atoms with Crippen LogP contribution in [0.5, 0.6) is 11.5 Å². The third kappa shape index (κ3) is 6.04. The fraction of sp³-hybridized carbons (Fsp3) is 0.400. The quantitative estimate of drug-likeness (QED) is 0.321. The summed E-state index contributed by atoms with van der Waals surface area (Å²) in [6, 6.07) is 12.1. The van der Waals surface area contributed by atoms with Gasteiger partial charge in [-0.2, -0.15) is 0 Å². The molecule has 194 valence electrons. The lowest BCUT2D eigenvalue weighted by Gasteiger charge is -2.23. The van der Waals surface area contributed by atoms with Gasteiger partial charge >= 0.3 is 0 Å². The topological polar surface area (TPSA) is 59.9 Å². The van der Waals surface area contributed by atoms with Gasteiger partial charge in [-0.1, -0.05) is 37.5 Å². The molecule has 0 spiro atoms. The van der Waals surface area contributed by atoms with E-state index in [0.717, 1.165) is 60.2 Å². The number of benzene rings is 2. The first kappa shape index (κ1) is 25.5. The SMILES string of the molecule is COc1cccc(C=Nc2sc3c(c2C(=O)NC2CCCCC2)CCCC3)c1OCc1ccc(F)cc1. The Morgan fingerprint density at radius 1 is 1.08 bits per heavy atom. The molecule has 0 aliphatic heterocycles. The van der Waals surface area contributed by atoms with Crippen molar-refractivity contribution in [2.24, 2.45) is 4.99 Å². The normalized spacial score (nSPS) is 15.9. The summed E-state index contributed by atoms with van der Waals surface area (Å²) in [5.41, 5.74) is 3.53. The Balaban J connectivity index is 1.42. The molecule has 0 radical (unpaired) electrons. The van der Waals surface area contributed by atoms with Gasteiger partial charge in [0, 0.05) is 22.7 Å². The van der Waals surface area contributed by atoms with E-state index in [9.17, 15) is 9.18 Å². The molecular formula is C30H33FN2O3S. The van der Waals surface area contributed by atoms with Gasteiger partial charge in [-0.25, -0.2) is 9.38 Å².